The number of H-pyrrole nitrogens is 1. The van der Waals surface area contributed by atoms with Crippen molar-refractivity contribution in [2.45, 2.75) is 19.1 Å². The Morgan fingerprint density at radius 3 is 3.00 bits per heavy atom. The highest BCUT2D eigenvalue weighted by Crippen LogP contribution is 2.37. The van der Waals surface area contributed by atoms with Crippen molar-refractivity contribution in [2.24, 2.45) is 0 Å². The normalized spacial score (nSPS) is 18.1. The van der Waals surface area contributed by atoms with Crippen LogP contribution >= 0.6 is 0 Å². The molecule has 8 heteroatoms. The van der Waals surface area contributed by atoms with E-state index in [9.17, 15) is 0 Å². The van der Waals surface area contributed by atoms with Gasteiger partial charge in [-0.25, -0.2) is 4.98 Å². The Kier molecular flexibility index (Phi) is 3.81. The van der Waals surface area contributed by atoms with Gasteiger partial charge in [-0.1, -0.05) is 12.1 Å². The first-order valence-electron chi connectivity index (χ1n) is 8.88. The molecule has 0 spiro atoms. The minimum Gasteiger partial charge on any atom is -0.485 e. The number of benzene rings is 1. The zero-order chi connectivity index (χ0) is 18.2. The van der Waals surface area contributed by atoms with E-state index in [0.717, 1.165) is 41.4 Å². The first-order chi connectivity index (χ1) is 13.3. The van der Waals surface area contributed by atoms with E-state index in [-0.39, 0.29) is 6.10 Å². The fourth-order valence-corrected chi connectivity index (χ4v) is 3.51. The van der Waals surface area contributed by atoms with Gasteiger partial charge in [-0.3, -0.25) is 5.10 Å². The molecule has 0 saturated carbocycles. The summed E-state index contributed by atoms with van der Waals surface area (Å²) in [5.41, 5.74) is 3.14. The molecule has 0 radical (unpaired) electrons. The molecule has 138 valence electrons. The fourth-order valence-electron chi connectivity index (χ4n) is 3.51. The summed E-state index contributed by atoms with van der Waals surface area (Å²) in [7, 11) is 1.60. The lowest BCUT2D eigenvalue weighted by Crippen LogP contribution is -2.33. The van der Waals surface area contributed by atoms with Gasteiger partial charge in [-0.05, 0) is 12.1 Å². The number of fused-ring (bicyclic) bond motifs is 2. The lowest BCUT2D eigenvalue weighted by Gasteiger charge is -2.29. The van der Waals surface area contributed by atoms with Crippen LogP contribution in [0.5, 0.6) is 17.4 Å². The van der Waals surface area contributed by atoms with E-state index in [2.05, 4.69) is 25.1 Å². The smallest absolute Gasteiger partial charge is 0.228 e. The molecule has 2 aliphatic heterocycles. The summed E-state index contributed by atoms with van der Waals surface area (Å²) in [6, 6.07) is 9.44. The third-order valence-corrected chi connectivity index (χ3v) is 4.89. The van der Waals surface area contributed by atoms with Crippen LogP contribution in [0.3, 0.4) is 0 Å². The van der Waals surface area contributed by atoms with Crippen LogP contribution < -0.4 is 19.1 Å². The second kappa shape index (κ2) is 6.46. The molecule has 0 amide bonds. The van der Waals surface area contributed by atoms with E-state index in [0.29, 0.717) is 25.0 Å². The summed E-state index contributed by atoms with van der Waals surface area (Å²) in [6.07, 6.45) is 2.31. The van der Waals surface area contributed by atoms with Gasteiger partial charge in [0.25, 0.3) is 0 Å². The number of rotatable bonds is 3. The van der Waals surface area contributed by atoms with Gasteiger partial charge in [0, 0.05) is 43.0 Å². The zero-order valence-corrected chi connectivity index (χ0v) is 14.9. The molecule has 1 aromatic carbocycles. The number of methoxy groups -OCH3 is 1. The molecule has 27 heavy (non-hydrogen) atoms. The first kappa shape index (κ1) is 15.9. The number of para-hydroxylation sites is 2. The van der Waals surface area contributed by atoms with Gasteiger partial charge in [0.05, 0.1) is 7.11 Å². The van der Waals surface area contributed by atoms with Crippen molar-refractivity contribution in [3.63, 3.8) is 0 Å². The molecular weight excluding hydrogens is 346 g/mol. The van der Waals surface area contributed by atoms with Crippen LogP contribution in [0.25, 0.3) is 0 Å². The Hall–Kier alpha value is -3.29. The van der Waals surface area contributed by atoms with Gasteiger partial charge in [-0.15, -0.1) is 0 Å². The van der Waals surface area contributed by atoms with Gasteiger partial charge in [0.15, 0.2) is 17.6 Å². The van der Waals surface area contributed by atoms with Crippen LogP contribution in [0.1, 0.15) is 23.1 Å². The summed E-state index contributed by atoms with van der Waals surface area (Å²) >= 11 is 0. The molecule has 1 N–H and O–H groups in total. The molecule has 2 aliphatic rings. The number of nitrogens with one attached hydrogen (secondary N) is 1. The Bertz CT molecular complexity index is 973. The molecule has 0 aliphatic carbocycles. The second-order valence-electron chi connectivity index (χ2n) is 6.50. The lowest BCUT2D eigenvalue weighted by atomic mass is 10.0. The maximum Gasteiger partial charge on any atom is 0.228 e. The monoisotopic (exact) mass is 365 g/mol. The minimum absolute atomic E-state index is 0.244. The largest absolute Gasteiger partial charge is 0.485 e. The fraction of sp³-hybridized carbons (Fsp3) is 0.316. The number of nitrogens with zero attached hydrogens (tertiary/aromatic N) is 4. The maximum absolute atomic E-state index is 6.14. The second-order valence-corrected chi connectivity index (χ2v) is 6.50. The van der Waals surface area contributed by atoms with Gasteiger partial charge in [-0.2, -0.15) is 10.1 Å². The predicted octanol–water partition coefficient (Wildman–Crippen LogP) is 2.28. The van der Waals surface area contributed by atoms with E-state index in [1.54, 1.807) is 19.4 Å². The van der Waals surface area contributed by atoms with Crippen LogP contribution in [0.2, 0.25) is 0 Å². The number of hydrogen-bond acceptors (Lipinski definition) is 7. The van der Waals surface area contributed by atoms with E-state index >= 15 is 0 Å². The molecule has 0 unspecified atom stereocenters. The molecule has 0 fully saturated rings. The topological polar surface area (TPSA) is 85.4 Å². The summed E-state index contributed by atoms with van der Waals surface area (Å²) in [5, 5.41) is 7.70. The van der Waals surface area contributed by atoms with Crippen LogP contribution in [0.15, 0.2) is 36.5 Å². The Morgan fingerprint density at radius 2 is 2.11 bits per heavy atom. The molecule has 0 bridgehead atoms. The van der Waals surface area contributed by atoms with Crippen molar-refractivity contribution in [1.82, 2.24) is 20.2 Å². The molecule has 2 aromatic heterocycles. The third-order valence-electron chi connectivity index (χ3n) is 4.89. The quantitative estimate of drug-likeness (QED) is 0.762. The van der Waals surface area contributed by atoms with Crippen molar-refractivity contribution in [1.29, 1.82) is 0 Å². The van der Waals surface area contributed by atoms with Crippen LogP contribution in [0, 0.1) is 0 Å². The molecule has 5 rings (SSSR count). The van der Waals surface area contributed by atoms with Gasteiger partial charge in [0.2, 0.25) is 11.8 Å². The minimum atomic E-state index is -0.244. The van der Waals surface area contributed by atoms with E-state index in [1.807, 2.05) is 24.3 Å². The average Bonchev–Trinajstić information content (AvgIpc) is 3.16. The standard InChI is InChI=1S/C19H19N5O3/c1-25-17-6-8-20-19(21-17)24-9-7-13-12(10-24)18(23-22-13)16-11-26-14-4-2-3-5-15(14)27-16/h2-6,8,16H,7,9-11H2,1H3,(H,22,23)/t16-/m0/s1. The number of aromatic nitrogens is 4. The van der Waals surface area contributed by atoms with Crippen molar-refractivity contribution < 1.29 is 14.2 Å². The highest BCUT2D eigenvalue weighted by Gasteiger charge is 2.31. The zero-order valence-electron chi connectivity index (χ0n) is 14.9. The van der Waals surface area contributed by atoms with Gasteiger partial charge < -0.3 is 19.1 Å². The Labute approximate surface area is 156 Å². The highest BCUT2D eigenvalue weighted by atomic mass is 16.6. The third kappa shape index (κ3) is 2.83. The first-order valence-corrected chi connectivity index (χ1v) is 8.88. The molecular formula is C19H19N5O3. The van der Waals surface area contributed by atoms with Crippen LogP contribution in [-0.2, 0) is 13.0 Å². The van der Waals surface area contributed by atoms with Crippen molar-refractivity contribution in [3.8, 4) is 17.4 Å². The van der Waals surface area contributed by atoms with Gasteiger partial charge in [0.1, 0.15) is 12.3 Å². The molecule has 4 heterocycles. The van der Waals surface area contributed by atoms with E-state index in [1.165, 1.54) is 0 Å². The van der Waals surface area contributed by atoms with Crippen LogP contribution in [0.4, 0.5) is 5.95 Å². The molecule has 1 atom stereocenters. The molecule has 3 aromatic rings. The van der Waals surface area contributed by atoms with Gasteiger partial charge >= 0.3 is 0 Å². The van der Waals surface area contributed by atoms with Crippen molar-refractivity contribution >= 4 is 5.95 Å². The molecule has 0 saturated heterocycles. The van der Waals surface area contributed by atoms with Crippen molar-refractivity contribution in [2.75, 3.05) is 25.2 Å². The molecule has 8 nitrogen and oxygen atoms in total. The maximum atomic E-state index is 6.14. The Balaban J connectivity index is 1.42. The van der Waals surface area contributed by atoms with Crippen LogP contribution in [-0.4, -0.2) is 40.4 Å². The predicted molar refractivity (Wildman–Crippen MR) is 97.2 cm³/mol. The van der Waals surface area contributed by atoms with Crippen molar-refractivity contribution in [3.05, 3.63) is 53.5 Å². The Morgan fingerprint density at radius 1 is 1.22 bits per heavy atom. The number of aromatic amines is 1. The number of anilines is 1. The van der Waals surface area contributed by atoms with E-state index < -0.39 is 0 Å². The number of hydrogen-bond donors (Lipinski definition) is 1. The average molecular weight is 365 g/mol. The van der Waals surface area contributed by atoms with E-state index in [4.69, 9.17) is 14.2 Å². The summed E-state index contributed by atoms with van der Waals surface area (Å²) in [5.74, 6) is 2.72. The summed E-state index contributed by atoms with van der Waals surface area (Å²) in [6.45, 7) is 1.91. The lowest BCUT2D eigenvalue weighted by molar-refractivity contribution is 0.0876. The summed E-state index contributed by atoms with van der Waals surface area (Å²) < 4.78 is 17.2. The summed E-state index contributed by atoms with van der Waals surface area (Å²) in [4.78, 5) is 11.0. The number of ether oxygens (including phenoxy) is 3. The SMILES string of the molecule is COc1ccnc(N2CCc3[nH]nc([C@@H]4COc5ccccc5O4)c3C2)n1. The highest BCUT2D eigenvalue weighted by molar-refractivity contribution is 5.44.